The van der Waals surface area contributed by atoms with Gasteiger partial charge in [-0.05, 0) is 25.3 Å². The highest BCUT2D eigenvalue weighted by Crippen LogP contribution is 2.26. The molecule has 1 fully saturated rings. The largest absolute Gasteiger partial charge is 0.445 e. The van der Waals surface area contributed by atoms with Gasteiger partial charge in [0.2, 0.25) is 11.8 Å². The molecule has 3 amide bonds. The van der Waals surface area contributed by atoms with E-state index in [4.69, 9.17) is 9.47 Å². The van der Waals surface area contributed by atoms with E-state index in [0.29, 0.717) is 19.4 Å². The van der Waals surface area contributed by atoms with Crippen LogP contribution in [0.5, 0.6) is 0 Å². The van der Waals surface area contributed by atoms with E-state index in [1.165, 1.54) is 116 Å². The number of aliphatic hydroxyl groups is 3. The first-order valence-corrected chi connectivity index (χ1v) is 23.4. The van der Waals surface area contributed by atoms with E-state index in [1.54, 1.807) is 4.90 Å². The highest BCUT2D eigenvalue weighted by atomic mass is 16.6. The number of hydrogen-bond donors (Lipinski definition) is 5. The molecular formula is C47H83N3O8. The van der Waals surface area contributed by atoms with Crippen molar-refractivity contribution in [1.29, 1.82) is 0 Å². The van der Waals surface area contributed by atoms with Crippen LogP contribution in [-0.4, -0.2) is 87.9 Å². The summed E-state index contributed by atoms with van der Waals surface area (Å²) in [6.07, 6.45) is 24.0. The zero-order chi connectivity index (χ0) is 42.2. The average molecular weight is 818 g/mol. The van der Waals surface area contributed by atoms with E-state index in [1.807, 2.05) is 30.3 Å². The van der Waals surface area contributed by atoms with Gasteiger partial charge < -0.3 is 40.3 Å². The Morgan fingerprint density at radius 2 is 1.16 bits per heavy atom. The molecule has 11 nitrogen and oxygen atoms in total. The number of hydrogen-bond acceptors (Lipinski definition) is 8. The van der Waals surface area contributed by atoms with Crippen LogP contribution < -0.4 is 10.6 Å². The van der Waals surface area contributed by atoms with E-state index in [2.05, 4.69) is 24.5 Å². The van der Waals surface area contributed by atoms with Gasteiger partial charge in [-0.1, -0.05) is 192 Å². The van der Waals surface area contributed by atoms with Gasteiger partial charge in [-0.3, -0.25) is 9.59 Å². The Morgan fingerprint density at radius 3 is 1.64 bits per heavy atom. The third-order valence-electron chi connectivity index (χ3n) is 11.5. The fourth-order valence-corrected chi connectivity index (χ4v) is 7.77. The van der Waals surface area contributed by atoms with Crippen molar-refractivity contribution in [3.63, 3.8) is 0 Å². The summed E-state index contributed by atoms with van der Waals surface area (Å²) in [5.74, 6) is -0.788. The molecular weight excluding hydrogens is 735 g/mol. The Bertz CT molecular complexity index is 1190. The predicted octanol–water partition coefficient (Wildman–Crippen LogP) is 9.24. The van der Waals surface area contributed by atoms with Gasteiger partial charge in [-0.15, -0.1) is 0 Å². The number of carbonyl (C=O) groups excluding carboxylic acids is 3. The standard InChI is InChI=1S/C47H83N3O8/c1-4-6-8-10-12-14-16-17-18-19-20-21-23-25-30-34-41(52)50(35-31-26-24-22-15-13-11-9-7-5-2)46-42(44(54)43(53)40(36-51)58-46)49-45(55)38(3)48-47(56)57-37-39-32-28-27-29-33-39/h27-29,32-33,38,40,42-44,46,51,53-54H,4-26,30-31,34-37H2,1-3H3,(H,48,56)(H,49,55)/t38-,40+,42+,43-,44+,46+/m0/s1. The molecule has 11 heteroatoms. The SMILES string of the molecule is CCCCCCCCCCCCCCCCCC(=O)N(CCCCCCCCCCCC)[C@@H]1O[C@H](CO)[C@H](O)[C@H](O)[C@H]1NC(=O)[C@H](C)NC(=O)OCc1ccccc1. The van der Waals surface area contributed by atoms with Crippen LogP contribution in [0.25, 0.3) is 0 Å². The number of alkyl carbamates (subject to hydrolysis) is 1. The normalized spacial score (nSPS) is 19.7. The molecule has 0 saturated carbocycles. The van der Waals surface area contributed by atoms with E-state index < -0.39 is 55.2 Å². The molecule has 5 N–H and O–H groups in total. The van der Waals surface area contributed by atoms with E-state index >= 15 is 0 Å². The minimum absolute atomic E-state index is 0.0302. The summed E-state index contributed by atoms with van der Waals surface area (Å²) >= 11 is 0. The van der Waals surface area contributed by atoms with E-state index in [0.717, 1.165) is 50.5 Å². The first kappa shape index (κ1) is 51.4. The van der Waals surface area contributed by atoms with Gasteiger partial charge >= 0.3 is 6.09 Å². The number of aliphatic hydroxyl groups excluding tert-OH is 3. The van der Waals surface area contributed by atoms with Gasteiger partial charge in [-0.2, -0.15) is 0 Å². The number of amides is 3. The summed E-state index contributed by atoms with van der Waals surface area (Å²) in [5, 5.41) is 37.5. The zero-order valence-corrected chi connectivity index (χ0v) is 36.7. The summed E-state index contributed by atoms with van der Waals surface area (Å²) < 4.78 is 11.4. The lowest BCUT2D eigenvalue weighted by atomic mass is 9.94. The molecule has 0 aromatic heterocycles. The molecule has 0 radical (unpaired) electrons. The molecule has 1 aliphatic heterocycles. The van der Waals surface area contributed by atoms with Gasteiger partial charge in [0.15, 0.2) is 6.23 Å². The molecule has 0 unspecified atom stereocenters. The summed E-state index contributed by atoms with van der Waals surface area (Å²) in [6, 6.07) is 6.91. The first-order chi connectivity index (χ1) is 28.2. The van der Waals surface area contributed by atoms with Crippen LogP contribution in [0.2, 0.25) is 0 Å². The highest BCUT2D eigenvalue weighted by molar-refractivity contribution is 5.85. The van der Waals surface area contributed by atoms with Crippen LogP contribution in [0.1, 0.15) is 193 Å². The first-order valence-electron chi connectivity index (χ1n) is 23.4. The number of nitrogens with one attached hydrogen (secondary N) is 2. The number of benzene rings is 1. The second kappa shape index (κ2) is 33.0. The Labute approximate surface area is 351 Å². The van der Waals surface area contributed by atoms with Gasteiger partial charge in [0.25, 0.3) is 0 Å². The van der Waals surface area contributed by atoms with Crippen molar-refractivity contribution in [3.05, 3.63) is 35.9 Å². The maximum absolute atomic E-state index is 14.0. The number of ether oxygens (including phenoxy) is 2. The number of rotatable bonds is 34. The van der Waals surface area contributed by atoms with Crippen molar-refractivity contribution >= 4 is 17.9 Å². The van der Waals surface area contributed by atoms with Crippen LogP contribution in [0, 0.1) is 0 Å². The van der Waals surface area contributed by atoms with E-state index in [-0.39, 0.29) is 12.5 Å². The van der Waals surface area contributed by atoms with Crippen molar-refractivity contribution < 1.29 is 39.2 Å². The van der Waals surface area contributed by atoms with Crippen LogP contribution >= 0.6 is 0 Å². The number of carbonyl (C=O) groups is 3. The topological polar surface area (TPSA) is 158 Å². The molecule has 58 heavy (non-hydrogen) atoms. The lowest BCUT2D eigenvalue weighted by molar-refractivity contribution is -0.231. The fourth-order valence-electron chi connectivity index (χ4n) is 7.77. The fraction of sp³-hybridized carbons (Fsp3) is 0.809. The van der Waals surface area contributed by atoms with Crippen molar-refractivity contribution in [2.75, 3.05) is 13.2 Å². The Balaban J connectivity index is 1.97. The smallest absolute Gasteiger partial charge is 0.408 e. The van der Waals surface area contributed by atoms with Gasteiger partial charge in [0.1, 0.15) is 37.0 Å². The minimum atomic E-state index is -1.54. The second-order valence-electron chi connectivity index (χ2n) is 16.7. The van der Waals surface area contributed by atoms with E-state index in [9.17, 15) is 29.7 Å². The van der Waals surface area contributed by atoms with Crippen molar-refractivity contribution in [2.24, 2.45) is 0 Å². The summed E-state index contributed by atoms with van der Waals surface area (Å²) in [5.41, 5.74) is 0.795. The van der Waals surface area contributed by atoms with Crippen LogP contribution in [0.3, 0.4) is 0 Å². The lowest BCUT2D eigenvalue weighted by Crippen LogP contribution is -2.69. The third-order valence-corrected chi connectivity index (χ3v) is 11.5. The molecule has 2 rings (SSSR count). The maximum atomic E-state index is 14.0. The third kappa shape index (κ3) is 22.0. The quantitative estimate of drug-likeness (QED) is 0.0431. The maximum Gasteiger partial charge on any atom is 0.408 e. The Kier molecular flexibility index (Phi) is 29.3. The molecule has 1 aliphatic rings. The molecule has 1 heterocycles. The Hall–Kier alpha value is -2.73. The van der Waals surface area contributed by atoms with Gasteiger partial charge in [-0.25, -0.2) is 4.79 Å². The molecule has 1 aromatic rings. The summed E-state index contributed by atoms with van der Waals surface area (Å²) in [7, 11) is 0. The zero-order valence-electron chi connectivity index (χ0n) is 36.7. The van der Waals surface area contributed by atoms with Crippen LogP contribution in [0.4, 0.5) is 4.79 Å². The van der Waals surface area contributed by atoms with Crippen molar-refractivity contribution in [2.45, 2.75) is 231 Å². The summed E-state index contributed by atoms with van der Waals surface area (Å²) in [6.45, 7) is 5.78. The van der Waals surface area contributed by atoms with Crippen LogP contribution in [0.15, 0.2) is 30.3 Å². The molecule has 0 bridgehead atoms. The Morgan fingerprint density at radius 1 is 0.690 bits per heavy atom. The lowest BCUT2D eigenvalue weighted by Gasteiger charge is -2.47. The van der Waals surface area contributed by atoms with Crippen LogP contribution in [-0.2, 0) is 25.7 Å². The predicted molar refractivity (Wildman–Crippen MR) is 232 cm³/mol. The average Bonchev–Trinajstić information content (AvgIpc) is 3.23. The minimum Gasteiger partial charge on any atom is -0.445 e. The second-order valence-corrected chi connectivity index (χ2v) is 16.7. The van der Waals surface area contributed by atoms with Crippen molar-refractivity contribution in [1.82, 2.24) is 15.5 Å². The number of nitrogens with zero attached hydrogens (tertiary/aromatic N) is 1. The molecule has 1 aromatic carbocycles. The number of unbranched alkanes of at least 4 members (excludes halogenated alkanes) is 23. The van der Waals surface area contributed by atoms with Crippen molar-refractivity contribution in [3.8, 4) is 0 Å². The highest BCUT2D eigenvalue weighted by Gasteiger charge is 2.48. The summed E-state index contributed by atoms with van der Waals surface area (Å²) in [4.78, 5) is 41.6. The monoisotopic (exact) mass is 818 g/mol. The van der Waals surface area contributed by atoms with Gasteiger partial charge in [0.05, 0.1) is 6.61 Å². The molecule has 0 aliphatic carbocycles. The van der Waals surface area contributed by atoms with Gasteiger partial charge in [0, 0.05) is 13.0 Å². The molecule has 0 spiro atoms. The molecule has 6 atom stereocenters. The molecule has 1 saturated heterocycles. The molecule has 334 valence electrons.